The number of benzene rings is 1. The number of nitriles is 1. The van der Waals surface area contributed by atoms with Crippen LogP contribution in [-0.2, 0) is 11.3 Å². The molecule has 0 heterocycles. The van der Waals surface area contributed by atoms with Gasteiger partial charge in [0.05, 0.1) is 11.6 Å². The van der Waals surface area contributed by atoms with Gasteiger partial charge in [0.1, 0.15) is 5.60 Å². The van der Waals surface area contributed by atoms with Crippen LogP contribution < -0.4 is 5.32 Å². The molecule has 0 spiro atoms. The van der Waals surface area contributed by atoms with Crippen LogP contribution in [0.3, 0.4) is 0 Å². The molecule has 4 heteroatoms. The molecule has 4 nitrogen and oxygen atoms in total. The first-order chi connectivity index (χ1) is 7.43. The highest BCUT2D eigenvalue weighted by molar-refractivity contribution is 5.83. The summed E-state index contributed by atoms with van der Waals surface area (Å²) < 4.78 is 0. The Morgan fingerprint density at radius 1 is 1.56 bits per heavy atom. The number of carbonyl (C=O) groups excluding carboxylic acids is 1. The largest absolute Gasteiger partial charge is 0.381 e. The van der Waals surface area contributed by atoms with Crippen molar-refractivity contribution in [1.29, 1.82) is 5.26 Å². The zero-order chi connectivity index (χ0) is 12.2. The Hall–Kier alpha value is -1.86. The monoisotopic (exact) mass is 218 g/mol. The molecule has 0 aliphatic rings. The van der Waals surface area contributed by atoms with Gasteiger partial charge in [0.2, 0.25) is 0 Å². The number of rotatable bonds is 3. The van der Waals surface area contributed by atoms with Crippen LogP contribution in [-0.4, -0.2) is 16.6 Å². The first kappa shape index (κ1) is 12.2. The zero-order valence-electron chi connectivity index (χ0n) is 9.32. The molecule has 0 unspecified atom stereocenters. The van der Waals surface area contributed by atoms with Crippen LogP contribution in [0.1, 0.15) is 25.0 Å². The fourth-order valence-corrected chi connectivity index (χ4v) is 1.15. The van der Waals surface area contributed by atoms with Gasteiger partial charge >= 0.3 is 0 Å². The third kappa shape index (κ3) is 3.37. The van der Waals surface area contributed by atoms with Gasteiger partial charge in [-0.05, 0) is 31.5 Å². The van der Waals surface area contributed by atoms with E-state index in [1.54, 1.807) is 18.2 Å². The first-order valence-electron chi connectivity index (χ1n) is 4.93. The summed E-state index contributed by atoms with van der Waals surface area (Å²) in [5.74, 6) is -0.435. The van der Waals surface area contributed by atoms with Crippen molar-refractivity contribution in [3.8, 4) is 6.07 Å². The Bertz CT molecular complexity index is 427. The lowest BCUT2D eigenvalue weighted by molar-refractivity contribution is -0.136. The second-order valence-electron chi connectivity index (χ2n) is 4.05. The number of carbonyl (C=O) groups is 1. The summed E-state index contributed by atoms with van der Waals surface area (Å²) >= 11 is 0. The molecule has 0 bridgehead atoms. The number of hydrogen-bond acceptors (Lipinski definition) is 3. The van der Waals surface area contributed by atoms with Crippen LogP contribution in [0.25, 0.3) is 0 Å². The second-order valence-corrected chi connectivity index (χ2v) is 4.05. The molecule has 0 radical (unpaired) electrons. The Labute approximate surface area is 94.5 Å². The molecule has 1 aromatic carbocycles. The highest BCUT2D eigenvalue weighted by Gasteiger charge is 2.22. The Kier molecular flexibility index (Phi) is 3.64. The predicted molar refractivity (Wildman–Crippen MR) is 59.3 cm³/mol. The molecular formula is C12H14N2O2. The van der Waals surface area contributed by atoms with Crippen molar-refractivity contribution in [3.05, 3.63) is 35.4 Å². The maximum Gasteiger partial charge on any atom is 0.251 e. The van der Waals surface area contributed by atoms with Gasteiger partial charge in [-0.15, -0.1) is 0 Å². The highest BCUT2D eigenvalue weighted by atomic mass is 16.3. The van der Waals surface area contributed by atoms with E-state index in [1.807, 2.05) is 12.1 Å². The average molecular weight is 218 g/mol. The number of aliphatic hydroxyl groups is 1. The van der Waals surface area contributed by atoms with Crippen molar-refractivity contribution in [2.45, 2.75) is 26.0 Å². The Morgan fingerprint density at radius 2 is 2.25 bits per heavy atom. The smallest absolute Gasteiger partial charge is 0.251 e. The third-order valence-corrected chi connectivity index (χ3v) is 2.06. The molecule has 16 heavy (non-hydrogen) atoms. The molecule has 0 aliphatic heterocycles. The number of hydrogen-bond donors (Lipinski definition) is 2. The van der Waals surface area contributed by atoms with Gasteiger partial charge in [-0.1, -0.05) is 12.1 Å². The van der Waals surface area contributed by atoms with Crippen LogP contribution in [0.2, 0.25) is 0 Å². The third-order valence-electron chi connectivity index (χ3n) is 2.06. The molecule has 1 amide bonds. The Balaban J connectivity index is 2.62. The van der Waals surface area contributed by atoms with Gasteiger partial charge < -0.3 is 10.4 Å². The van der Waals surface area contributed by atoms with E-state index in [1.165, 1.54) is 13.8 Å². The standard InChI is InChI=1S/C12H14N2O2/c1-12(2,16)11(15)14-8-10-5-3-4-9(6-10)7-13/h3-6,16H,8H2,1-2H3,(H,14,15). The van der Waals surface area contributed by atoms with E-state index < -0.39 is 11.5 Å². The quantitative estimate of drug-likeness (QED) is 0.793. The molecule has 84 valence electrons. The van der Waals surface area contributed by atoms with Gasteiger partial charge in [-0.3, -0.25) is 4.79 Å². The molecule has 0 aliphatic carbocycles. The molecule has 0 aromatic heterocycles. The number of amides is 1. The minimum atomic E-state index is -1.38. The van der Waals surface area contributed by atoms with Gasteiger partial charge in [0.15, 0.2) is 0 Å². The lowest BCUT2D eigenvalue weighted by Crippen LogP contribution is -2.41. The SMILES string of the molecule is CC(C)(O)C(=O)NCc1cccc(C#N)c1. The summed E-state index contributed by atoms with van der Waals surface area (Å²) in [6.45, 7) is 3.15. The minimum absolute atomic E-state index is 0.304. The molecule has 1 rings (SSSR count). The zero-order valence-corrected chi connectivity index (χ0v) is 9.32. The number of nitrogens with zero attached hydrogens (tertiary/aromatic N) is 1. The lowest BCUT2D eigenvalue weighted by atomic mass is 10.1. The van der Waals surface area contributed by atoms with Gasteiger partial charge in [0, 0.05) is 6.54 Å². The molecule has 1 aromatic rings. The van der Waals surface area contributed by atoms with E-state index in [2.05, 4.69) is 5.32 Å². The van der Waals surface area contributed by atoms with Crippen molar-refractivity contribution < 1.29 is 9.90 Å². The summed E-state index contributed by atoms with van der Waals surface area (Å²) in [4.78, 5) is 11.4. The topological polar surface area (TPSA) is 73.1 Å². The van der Waals surface area contributed by atoms with Crippen molar-refractivity contribution in [1.82, 2.24) is 5.32 Å². The molecule has 0 atom stereocenters. The van der Waals surface area contributed by atoms with Crippen LogP contribution in [0.4, 0.5) is 0 Å². The predicted octanol–water partition coefficient (Wildman–Crippen LogP) is 0.945. The van der Waals surface area contributed by atoms with E-state index in [-0.39, 0.29) is 0 Å². The minimum Gasteiger partial charge on any atom is -0.381 e. The van der Waals surface area contributed by atoms with Gasteiger partial charge in [-0.2, -0.15) is 5.26 Å². The fraction of sp³-hybridized carbons (Fsp3) is 0.333. The van der Waals surface area contributed by atoms with Gasteiger partial charge in [-0.25, -0.2) is 0 Å². The van der Waals surface area contributed by atoms with Crippen LogP contribution in [0.15, 0.2) is 24.3 Å². The molecule has 2 N–H and O–H groups in total. The summed E-state index contributed by atoms with van der Waals surface area (Å²) in [5.41, 5.74) is -0.000940. The highest BCUT2D eigenvalue weighted by Crippen LogP contribution is 2.05. The summed E-state index contributed by atoms with van der Waals surface area (Å²) in [6, 6.07) is 8.98. The van der Waals surface area contributed by atoms with E-state index in [4.69, 9.17) is 5.26 Å². The van der Waals surface area contributed by atoms with E-state index in [9.17, 15) is 9.90 Å². The second kappa shape index (κ2) is 4.77. The van der Waals surface area contributed by atoms with Crippen molar-refractivity contribution in [3.63, 3.8) is 0 Å². The fourth-order valence-electron chi connectivity index (χ4n) is 1.15. The van der Waals surface area contributed by atoms with Crippen molar-refractivity contribution in [2.75, 3.05) is 0 Å². The van der Waals surface area contributed by atoms with Crippen LogP contribution in [0.5, 0.6) is 0 Å². The normalized spacial score (nSPS) is 10.6. The van der Waals surface area contributed by atoms with Gasteiger partial charge in [0.25, 0.3) is 5.91 Å². The summed E-state index contributed by atoms with van der Waals surface area (Å²) in [7, 11) is 0. The average Bonchev–Trinajstić information content (AvgIpc) is 2.25. The maximum atomic E-state index is 11.4. The van der Waals surface area contributed by atoms with E-state index >= 15 is 0 Å². The lowest BCUT2D eigenvalue weighted by Gasteiger charge is -2.16. The summed E-state index contributed by atoms with van der Waals surface area (Å²) in [5, 5.41) is 20.7. The van der Waals surface area contributed by atoms with E-state index in [0.29, 0.717) is 12.1 Å². The first-order valence-corrected chi connectivity index (χ1v) is 4.93. The molecule has 0 saturated carbocycles. The number of nitrogens with one attached hydrogen (secondary N) is 1. The van der Waals surface area contributed by atoms with Crippen molar-refractivity contribution >= 4 is 5.91 Å². The van der Waals surface area contributed by atoms with Crippen LogP contribution >= 0.6 is 0 Å². The summed E-state index contributed by atoms with van der Waals surface area (Å²) in [6.07, 6.45) is 0. The molecule has 0 fully saturated rings. The molecule has 0 saturated heterocycles. The maximum absolute atomic E-state index is 11.4. The molecular weight excluding hydrogens is 204 g/mol. The van der Waals surface area contributed by atoms with E-state index in [0.717, 1.165) is 5.56 Å². The van der Waals surface area contributed by atoms with Crippen LogP contribution in [0, 0.1) is 11.3 Å². The Morgan fingerprint density at radius 3 is 2.81 bits per heavy atom. The van der Waals surface area contributed by atoms with Crippen molar-refractivity contribution in [2.24, 2.45) is 0 Å².